The highest BCUT2D eigenvalue weighted by molar-refractivity contribution is 5.22. The molecule has 0 aliphatic carbocycles. The third-order valence-corrected chi connectivity index (χ3v) is 3.00. The zero-order chi connectivity index (χ0) is 15.1. The Morgan fingerprint density at radius 2 is 1.85 bits per heavy atom. The number of rotatable bonds is 3. The minimum Gasteiger partial charge on any atom is -0.346 e. The number of nitrogens with zero attached hydrogens (tertiary/aromatic N) is 3. The number of imidazole rings is 2. The van der Waals surface area contributed by atoms with Crippen molar-refractivity contribution in [1.29, 1.82) is 5.26 Å². The summed E-state index contributed by atoms with van der Waals surface area (Å²) in [5.74, 6) is 1.92. The quantitative estimate of drug-likeness (QED) is 0.901. The van der Waals surface area contributed by atoms with Gasteiger partial charge in [0.05, 0.1) is 17.7 Å². The number of hydrogen-bond donors (Lipinski definition) is 2. The largest absolute Gasteiger partial charge is 0.346 e. The van der Waals surface area contributed by atoms with Gasteiger partial charge in [0, 0.05) is 30.4 Å². The molecule has 0 aliphatic heterocycles. The van der Waals surface area contributed by atoms with E-state index in [1.165, 1.54) is 0 Å². The Balaban J connectivity index is 0.000000217. The summed E-state index contributed by atoms with van der Waals surface area (Å²) in [6.07, 6.45) is 3.73. The summed E-state index contributed by atoms with van der Waals surface area (Å²) >= 11 is 0. The van der Waals surface area contributed by atoms with Crippen molar-refractivity contribution < 1.29 is 0 Å². The summed E-state index contributed by atoms with van der Waals surface area (Å²) in [5, 5.41) is 8.69. The summed E-state index contributed by atoms with van der Waals surface area (Å²) in [7, 11) is 0. The van der Waals surface area contributed by atoms with Crippen molar-refractivity contribution in [3.63, 3.8) is 0 Å². The minimum atomic E-state index is -0.110. The van der Waals surface area contributed by atoms with E-state index in [0.29, 0.717) is 0 Å². The van der Waals surface area contributed by atoms with Gasteiger partial charge in [0.25, 0.3) is 0 Å². The van der Waals surface area contributed by atoms with Crippen LogP contribution >= 0.6 is 0 Å². The summed E-state index contributed by atoms with van der Waals surface area (Å²) in [6, 6.07) is 2.18. The first-order valence-corrected chi connectivity index (χ1v) is 6.97. The van der Waals surface area contributed by atoms with Crippen LogP contribution in [0.15, 0.2) is 6.20 Å². The Labute approximate surface area is 120 Å². The molecule has 2 rings (SSSR count). The topological polar surface area (TPSA) is 81.2 Å². The van der Waals surface area contributed by atoms with Gasteiger partial charge in [-0.2, -0.15) is 5.26 Å². The number of aryl methyl sites for hydroxylation is 4. The first-order chi connectivity index (χ1) is 9.51. The Morgan fingerprint density at radius 1 is 1.20 bits per heavy atom. The molecule has 0 amide bonds. The van der Waals surface area contributed by atoms with E-state index in [1.54, 1.807) is 0 Å². The molecule has 2 aromatic rings. The molecule has 1 atom stereocenters. The summed E-state index contributed by atoms with van der Waals surface area (Å²) in [6.45, 7) is 9.95. The van der Waals surface area contributed by atoms with Gasteiger partial charge in [-0.25, -0.2) is 9.97 Å². The van der Waals surface area contributed by atoms with Gasteiger partial charge < -0.3 is 9.97 Å². The molecule has 0 saturated heterocycles. The molecule has 20 heavy (non-hydrogen) atoms. The van der Waals surface area contributed by atoms with Gasteiger partial charge in [-0.05, 0) is 20.8 Å². The average Bonchev–Trinajstić information content (AvgIpc) is 3.04. The second-order valence-corrected chi connectivity index (χ2v) is 4.76. The molecule has 5 nitrogen and oxygen atoms in total. The Bertz CT molecular complexity index is 573. The van der Waals surface area contributed by atoms with Gasteiger partial charge in [0.15, 0.2) is 0 Å². The van der Waals surface area contributed by atoms with E-state index in [2.05, 4.69) is 32.9 Å². The van der Waals surface area contributed by atoms with Crippen molar-refractivity contribution in [2.75, 3.05) is 0 Å². The smallest absolute Gasteiger partial charge is 0.106 e. The number of nitrogens with one attached hydrogen (secondary N) is 2. The van der Waals surface area contributed by atoms with Crippen molar-refractivity contribution in [2.24, 2.45) is 0 Å². The van der Waals surface area contributed by atoms with Crippen LogP contribution in [0.3, 0.4) is 0 Å². The predicted octanol–water partition coefficient (Wildman–Crippen LogP) is 3.19. The molecule has 0 saturated carbocycles. The number of H-pyrrole nitrogens is 2. The minimum absolute atomic E-state index is 0.110. The molecule has 1 unspecified atom stereocenters. The first kappa shape index (κ1) is 16.0. The van der Waals surface area contributed by atoms with E-state index in [0.717, 1.165) is 41.6 Å². The molecule has 0 radical (unpaired) electrons. The Kier molecular flexibility index (Phi) is 5.98. The van der Waals surface area contributed by atoms with Crippen LogP contribution in [0.5, 0.6) is 0 Å². The molecule has 0 bridgehead atoms. The first-order valence-electron chi connectivity index (χ1n) is 6.97. The van der Waals surface area contributed by atoms with E-state index in [4.69, 9.17) is 5.26 Å². The van der Waals surface area contributed by atoms with Crippen LogP contribution in [-0.2, 0) is 12.8 Å². The van der Waals surface area contributed by atoms with Crippen LogP contribution in [-0.4, -0.2) is 19.9 Å². The molecule has 2 heterocycles. The maximum atomic E-state index is 8.69. The van der Waals surface area contributed by atoms with Crippen LogP contribution in [0.1, 0.15) is 55.4 Å². The van der Waals surface area contributed by atoms with E-state index >= 15 is 0 Å². The lowest BCUT2D eigenvalue weighted by Gasteiger charge is -1.96. The van der Waals surface area contributed by atoms with E-state index in [9.17, 15) is 0 Å². The van der Waals surface area contributed by atoms with Gasteiger partial charge in [-0.3, -0.25) is 0 Å². The highest BCUT2D eigenvalue weighted by Crippen LogP contribution is 2.15. The fourth-order valence-corrected chi connectivity index (χ4v) is 1.83. The van der Waals surface area contributed by atoms with E-state index in [1.807, 2.05) is 33.9 Å². The van der Waals surface area contributed by atoms with Crippen LogP contribution in [0.4, 0.5) is 0 Å². The van der Waals surface area contributed by atoms with Crippen molar-refractivity contribution in [2.45, 2.75) is 53.4 Å². The second kappa shape index (κ2) is 7.49. The maximum absolute atomic E-state index is 8.69. The lowest BCUT2D eigenvalue weighted by atomic mass is 10.1. The lowest BCUT2D eigenvalue weighted by Crippen LogP contribution is -1.92. The molecule has 0 fully saturated rings. The highest BCUT2D eigenvalue weighted by Gasteiger charge is 2.11. The molecule has 2 N–H and O–H groups in total. The number of aromatic nitrogens is 4. The van der Waals surface area contributed by atoms with Crippen LogP contribution < -0.4 is 0 Å². The standard InChI is InChI=1S/C9H13N3.C6H10N2/c1-4-8-11-7(3)9(12-8)6(2)5-10;1-3-6-7-4-5(2)8-6/h6H,4H2,1-3H3,(H,11,12);4H,3H2,1-2H3,(H,7,8). The van der Waals surface area contributed by atoms with Gasteiger partial charge >= 0.3 is 0 Å². The summed E-state index contributed by atoms with van der Waals surface area (Å²) < 4.78 is 0. The molecule has 2 aromatic heterocycles. The number of nitriles is 1. The molecule has 0 aromatic carbocycles. The monoisotopic (exact) mass is 273 g/mol. The van der Waals surface area contributed by atoms with Gasteiger partial charge in [0.1, 0.15) is 11.6 Å². The number of aromatic amines is 2. The molecular weight excluding hydrogens is 250 g/mol. The Hall–Kier alpha value is -2.09. The summed E-state index contributed by atoms with van der Waals surface area (Å²) in [5.41, 5.74) is 3.04. The third-order valence-electron chi connectivity index (χ3n) is 3.00. The van der Waals surface area contributed by atoms with Crippen molar-refractivity contribution in [3.05, 3.63) is 34.9 Å². The third kappa shape index (κ3) is 4.23. The van der Waals surface area contributed by atoms with Crippen LogP contribution in [0.25, 0.3) is 0 Å². The van der Waals surface area contributed by atoms with Crippen molar-refractivity contribution in [3.8, 4) is 6.07 Å². The molecular formula is C15H23N5. The van der Waals surface area contributed by atoms with Crippen LogP contribution in [0, 0.1) is 25.2 Å². The SMILES string of the molecule is CCc1nc(C(C)C#N)c(C)[nH]1.CCc1ncc(C)[nH]1. The highest BCUT2D eigenvalue weighted by atomic mass is 14.9. The predicted molar refractivity (Wildman–Crippen MR) is 79.4 cm³/mol. The fraction of sp³-hybridized carbons (Fsp3) is 0.533. The fourth-order valence-electron chi connectivity index (χ4n) is 1.83. The lowest BCUT2D eigenvalue weighted by molar-refractivity contribution is 0.903. The van der Waals surface area contributed by atoms with Gasteiger partial charge in [-0.1, -0.05) is 13.8 Å². The van der Waals surface area contributed by atoms with E-state index < -0.39 is 0 Å². The van der Waals surface area contributed by atoms with E-state index in [-0.39, 0.29) is 5.92 Å². The van der Waals surface area contributed by atoms with Gasteiger partial charge in [-0.15, -0.1) is 0 Å². The van der Waals surface area contributed by atoms with Crippen LogP contribution in [0.2, 0.25) is 0 Å². The molecule has 108 valence electrons. The Morgan fingerprint density at radius 3 is 2.20 bits per heavy atom. The zero-order valence-corrected chi connectivity index (χ0v) is 12.9. The zero-order valence-electron chi connectivity index (χ0n) is 12.9. The normalized spacial score (nSPS) is 11.4. The van der Waals surface area contributed by atoms with Crippen molar-refractivity contribution in [1.82, 2.24) is 19.9 Å². The molecule has 0 spiro atoms. The number of hydrogen-bond acceptors (Lipinski definition) is 3. The summed E-state index contributed by atoms with van der Waals surface area (Å²) in [4.78, 5) is 14.7. The van der Waals surface area contributed by atoms with Crippen molar-refractivity contribution >= 4 is 0 Å². The molecule has 0 aliphatic rings. The van der Waals surface area contributed by atoms with Gasteiger partial charge in [0.2, 0.25) is 0 Å². The average molecular weight is 273 g/mol. The maximum Gasteiger partial charge on any atom is 0.106 e. The molecule has 5 heteroatoms. The second-order valence-electron chi connectivity index (χ2n) is 4.76.